The molecule has 2 unspecified atom stereocenters. The van der Waals surface area contributed by atoms with Crippen molar-refractivity contribution < 1.29 is 19.4 Å². The molecule has 0 aromatic heterocycles. The van der Waals surface area contributed by atoms with Gasteiger partial charge in [-0.3, -0.25) is 9.59 Å². The molecule has 0 aliphatic rings. The number of hydrogen-bond acceptors (Lipinski definition) is 4. The summed E-state index contributed by atoms with van der Waals surface area (Å²) >= 11 is 0. The van der Waals surface area contributed by atoms with Crippen LogP contribution >= 0.6 is 0 Å². The van der Waals surface area contributed by atoms with Gasteiger partial charge in [-0.1, -0.05) is 6.92 Å². The predicted molar refractivity (Wildman–Crippen MR) is 55.2 cm³/mol. The fourth-order valence-corrected chi connectivity index (χ4v) is 0.882. The zero-order valence-electron chi connectivity index (χ0n) is 9.45. The summed E-state index contributed by atoms with van der Waals surface area (Å²) in [5, 5.41) is 11.8. The third-order valence-corrected chi connectivity index (χ3v) is 1.90. The molecule has 0 saturated carbocycles. The first kappa shape index (κ1) is 13.9. The molecule has 0 spiro atoms. The highest BCUT2D eigenvalue weighted by Gasteiger charge is 2.14. The van der Waals surface area contributed by atoms with Gasteiger partial charge in [0.1, 0.15) is 0 Å². The highest BCUT2D eigenvalue weighted by atomic mass is 16.5. The maximum atomic E-state index is 11.2. The van der Waals surface area contributed by atoms with Crippen molar-refractivity contribution in [3.05, 3.63) is 0 Å². The summed E-state index contributed by atoms with van der Waals surface area (Å²) in [5.74, 6) is -0.674. The standard InChI is InChI=1S/C10H19NO4/c1-4-7(2)15-10(14)5-9(13)6-11-8(3)12/h7,9,13H,4-6H2,1-3H3,(H,11,12). The van der Waals surface area contributed by atoms with Crippen LogP contribution in [0.5, 0.6) is 0 Å². The molecule has 0 fully saturated rings. The molecule has 15 heavy (non-hydrogen) atoms. The van der Waals surface area contributed by atoms with Crippen LogP contribution in [0.25, 0.3) is 0 Å². The third-order valence-electron chi connectivity index (χ3n) is 1.90. The predicted octanol–water partition coefficient (Wildman–Crippen LogP) is 0.215. The molecule has 0 bridgehead atoms. The minimum Gasteiger partial charge on any atom is -0.463 e. The Balaban J connectivity index is 3.71. The van der Waals surface area contributed by atoms with Crippen LogP contribution in [0.2, 0.25) is 0 Å². The van der Waals surface area contributed by atoms with Crippen molar-refractivity contribution in [1.82, 2.24) is 5.32 Å². The van der Waals surface area contributed by atoms with Crippen LogP contribution in [0.3, 0.4) is 0 Å². The lowest BCUT2D eigenvalue weighted by atomic mass is 10.2. The van der Waals surface area contributed by atoms with E-state index in [4.69, 9.17) is 4.74 Å². The monoisotopic (exact) mass is 217 g/mol. The first-order chi connectivity index (χ1) is 6.95. The molecule has 0 aliphatic carbocycles. The molecular weight excluding hydrogens is 198 g/mol. The van der Waals surface area contributed by atoms with Gasteiger partial charge in [-0.15, -0.1) is 0 Å². The number of amides is 1. The van der Waals surface area contributed by atoms with Gasteiger partial charge in [0.15, 0.2) is 0 Å². The van der Waals surface area contributed by atoms with E-state index in [1.807, 2.05) is 6.92 Å². The Morgan fingerprint density at radius 3 is 2.53 bits per heavy atom. The lowest BCUT2D eigenvalue weighted by molar-refractivity contribution is -0.150. The van der Waals surface area contributed by atoms with E-state index in [1.165, 1.54) is 6.92 Å². The molecule has 0 radical (unpaired) electrons. The number of aliphatic hydroxyl groups is 1. The average Bonchev–Trinajstić information content (AvgIpc) is 2.14. The Labute approximate surface area is 89.8 Å². The van der Waals surface area contributed by atoms with Gasteiger partial charge in [-0.2, -0.15) is 0 Å². The first-order valence-corrected chi connectivity index (χ1v) is 5.07. The van der Waals surface area contributed by atoms with Crippen LogP contribution in [0, 0.1) is 0 Å². The first-order valence-electron chi connectivity index (χ1n) is 5.07. The van der Waals surface area contributed by atoms with E-state index >= 15 is 0 Å². The molecule has 2 N–H and O–H groups in total. The van der Waals surface area contributed by atoms with Crippen LogP contribution in [0.1, 0.15) is 33.6 Å². The smallest absolute Gasteiger partial charge is 0.308 e. The quantitative estimate of drug-likeness (QED) is 0.624. The van der Waals surface area contributed by atoms with Crippen LogP contribution < -0.4 is 5.32 Å². The van der Waals surface area contributed by atoms with Crippen molar-refractivity contribution in [2.75, 3.05) is 6.54 Å². The molecule has 1 amide bonds. The van der Waals surface area contributed by atoms with E-state index in [-0.39, 0.29) is 25.0 Å². The molecule has 88 valence electrons. The SMILES string of the molecule is CCC(C)OC(=O)CC(O)CNC(C)=O. The topological polar surface area (TPSA) is 75.6 Å². The van der Waals surface area contributed by atoms with E-state index in [0.29, 0.717) is 0 Å². The van der Waals surface area contributed by atoms with Crippen molar-refractivity contribution in [2.24, 2.45) is 0 Å². The second-order valence-electron chi connectivity index (χ2n) is 3.50. The van der Waals surface area contributed by atoms with E-state index in [0.717, 1.165) is 6.42 Å². The van der Waals surface area contributed by atoms with Crippen molar-refractivity contribution in [3.63, 3.8) is 0 Å². The van der Waals surface area contributed by atoms with Gasteiger partial charge < -0.3 is 15.2 Å². The summed E-state index contributed by atoms with van der Waals surface area (Å²) < 4.78 is 4.97. The van der Waals surface area contributed by atoms with Crippen LogP contribution in [0.4, 0.5) is 0 Å². The maximum absolute atomic E-state index is 11.2. The fraction of sp³-hybridized carbons (Fsp3) is 0.800. The van der Waals surface area contributed by atoms with Gasteiger partial charge in [-0.05, 0) is 13.3 Å². The van der Waals surface area contributed by atoms with Gasteiger partial charge in [0.25, 0.3) is 0 Å². The lowest BCUT2D eigenvalue weighted by Crippen LogP contribution is -2.32. The molecule has 0 heterocycles. The van der Waals surface area contributed by atoms with E-state index < -0.39 is 12.1 Å². The average molecular weight is 217 g/mol. The number of aliphatic hydroxyl groups excluding tert-OH is 1. The number of esters is 1. The normalized spacial score (nSPS) is 14.1. The molecule has 0 aromatic rings. The Morgan fingerprint density at radius 1 is 1.47 bits per heavy atom. The summed E-state index contributed by atoms with van der Waals surface area (Å²) in [7, 11) is 0. The molecule has 2 atom stereocenters. The fourth-order valence-electron chi connectivity index (χ4n) is 0.882. The molecular formula is C10H19NO4. The number of hydrogen-bond donors (Lipinski definition) is 2. The summed E-state index contributed by atoms with van der Waals surface area (Å²) in [6, 6.07) is 0. The van der Waals surface area contributed by atoms with E-state index in [2.05, 4.69) is 5.32 Å². The summed E-state index contributed by atoms with van der Waals surface area (Å²) in [6.07, 6.45) is -0.367. The Hall–Kier alpha value is -1.10. The Morgan fingerprint density at radius 2 is 2.07 bits per heavy atom. The van der Waals surface area contributed by atoms with Crippen molar-refractivity contribution >= 4 is 11.9 Å². The minimum absolute atomic E-state index is 0.0743. The van der Waals surface area contributed by atoms with E-state index in [9.17, 15) is 14.7 Å². The van der Waals surface area contributed by atoms with Gasteiger partial charge in [0, 0.05) is 13.5 Å². The van der Waals surface area contributed by atoms with Gasteiger partial charge in [0.2, 0.25) is 5.91 Å². The number of ether oxygens (including phenoxy) is 1. The number of carbonyl (C=O) groups excluding carboxylic acids is 2. The molecule has 0 aromatic carbocycles. The van der Waals surface area contributed by atoms with Gasteiger partial charge in [0.05, 0.1) is 18.6 Å². The minimum atomic E-state index is -0.884. The zero-order valence-corrected chi connectivity index (χ0v) is 9.45. The van der Waals surface area contributed by atoms with Gasteiger partial charge >= 0.3 is 5.97 Å². The maximum Gasteiger partial charge on any atom is 0.308 e. The molecule has 0 aliphatic heterocycles. The second kappa shape index (κ2) is 7.23. The van der Waals surface area contributed by atoms with Crippen molar-refractivity contribution in [3.8, 4) is 0 Å². The van der Waals surface area contributed by atoms with Crippen LogP contribution in [0.15, 0.2) is 0 Å². The highest BCUT2D eigenvalue weighted by Crippen LogP contribution is 2.00. The second-order valence-corrected chi connectivity index (χ2v) is 3.50. The van der Waals surface area contributed by atoms with Crippen LogP contribution in [-0.4, -0.2) is 35.7 Å². The number of nitrogens with one attached hydrogen (secondary N) is 1. The van der Waals surface area contributed by atoms with Crippen molar-refractivity contribution in [2.45, 2.75) is 45.8 Å². The Bertz CT molecular complexity index is 217. The molecule has 5 nitrogen and oxygen atoms in total. The number of rotatable bonds is 6. The largest absolute Gasteiger partial charge is 0.463 e. The summed E-state index contributed by atoms with van der Waals surface area (Å²) in [4.78, 5) is 21.7. The van der Waals surface area contributed by atoms with E-state index in [1.54, 1.807) is 6.92 Å². The van der Waals surface area contributed by atoms with Gasteiger partial charge in [-0.25, -0.2) is 0 Å². The molecule has 0 saturated heterocycles. The summed E-state index contributed by atoms with van der Waals surface area (Å²) in [6.45, 7) is 5.12. The number of carbonyl (C=O) groups is 2. The molecule has 0 rings (SSSR count). The third kappa shape index (κ3) is 7.93. The van der Waals surface area contributed by atoms with Crippen molar-refractivity contribution in [1.29, 1.82) is 0 Å². The highest BCUT2D eigenvalue weighted by molar-refractivity contribution is 5.73. The lowest BCUT2D eigenvalue weighted by Gasteiger charge is -2.13. The van der Waals surface area contributed by atoms with Crippen LogP contribution in [-0.2, 0) is 14.3 Å². The molecule has 5 heteroatoms. The summed E-state index contributed by atoms with van der Waals surface area (Å²) in [5.41, 5.74) is 0. The Kier molecular flexibility index (Phi) is 6.70. The zero-order chi connectivity index (χ0) is 11.8.